The van der Waals surface area contributed by atoms with Crippen molar-refractivity contribution in [2.75, 3.05) is 0 Å². The van der Waals surface area contributed by atoms with E-state index >= 15 is 0 Å². The van der Waals surface area contributed by atoms with Gasteiger partial charge in [-0.25, -0.2) is 0 Å². The van der Waals surface area contributed by atoms with Gasteiger partial charge in [0.1, 0.15) is 0 Å². The number of carbonyl (C=O) groups is 1. The predicted octanol–water partition coefficient (Wildman–Crippen LogP) is 2.10. The largest absolute Gasteiger partial charge is 0.295 e. The topological polar surface area (TPSA) is 17.1 Å². The second-order valence-corrected chi connectivity index (χ2v) is 2.21. The second-order valence-electron chi connectivity index (χ2n) is 2.21. The Bertz CT molecular complexity index is 148. The van der Waals surface area contributed by atoms with E-state index in [1.54, 1.807) is 12.2 Å². The van der Waals surface area contributed by atoms with E-state index in [0.29, 0.717) is 0 Å². The zero-order valence-electron chi connectivity index (χ0n) is 6.14. The highest BCUT2D eigenvalue weighted by atomic mass is 16.1. The van der Waals surface area contributed by atoms with Crippen LogP contribution in [0.25, 0.3) is 0 Å². The van der Waals surface area contributed by atoms with Crippen LogP contribution in [0.2, 0.25) is 0 Å². The van der Waals surface area contributed by atoms with E-state index in [4.69, 9.17) is 0 Å². The highest BCUT2D eigenvalue weighted by Gasteiger charge is 1.77. The standard InChI is InChI=1S/C8H12O/c1-7(2)5-4-6-8(3)9/h4-6H,1-3H3/b6-4+. The minimum Gasteiger partial charge on any atom is -0.295 e. The van der Waals surface area contributed by atoms with Crippen LogP contribution in [0.4, 0.5) is 0 Å². The Morgan fingerprint density at radius 1 is 1.22 bits per heavy atom. The summed E-state index contributed by atoms with van der Waals surface area (Å²) in [4.78, 5) is 10.3. The molecule has 0 saturated carbocycles. The van der Waals surface area contributed by atoms with E-state index < -0.39 is 0 Å². The molecule has 0 atom stereocenters. The van der Waals surface area contributed by atoms with Crippen LogP contribution >= 0.6 is 0 Å². The fourth-order valence-corrected chi connectivity index (χ4v) is 0.376. The molecular formula is C8H12O. The third kappa shape index (κ3) is 7.15. The number of hydrogen-bond donors (Lipinski definition) is 0. The molecule has 50 valence electrons. The molecule has 1 nitrogen and oxygen atoms in total. The summed E-state index contributed by atoms with van der Waals surface area (Å²) in [6, 6.07) is 0. The molecule has 0 unspecified atom stereocenters. The van der Waals surface area contributed by atoms with Gasteiger partial charge in [0.05, 0.1) is 0 Å². The molecule has 0 N–H and O–H groups in total. The number of ketones is 1. The van der Waals surface area contributed by atoms with Crippen molar-refractivity contribution in [1.29, 1.82) is 0 Å². The Kier molecular flexibility index (Phi) is 3.69. The Hall–Kier alpha value is -0.850. The molecule has 0 aromatic heterocycles. The molecule has 0 aliphatic rings. The van der Waals surface area contributed by atoms with Crippen LogP contribution in [0.1, 0.15) is 20.8 Å². The molecule has 0 bridgehead atoms. The lowest BCUT2D eigenvalue weighted by Crippen LogP contribution is -1.77. The summed E-state index contributed by atoms with van der Waals surface area (Å²) in [5.41, 5.74) is 1.20. The molecule has 0 saturated heterocycles. The van der Waals surface area contributed by atoms with E-state index in [0.717, 1.165) is 0 Å². The third-order valence-electron chi connectivity index (χ3n) is 0.760. The lowest BCUT2D eigenvalue weighted by Gasteiger charge is -1.80. The summed E-state index contributed by atoms with van der Waals surface area (Å²) < 4.78 is 0. The molecule has 0 rings (SSSR count). The Balaban J connectivity index is 3.74. The first kappa shape index (κ1) is 8.15. The average Bonchev–Trinajstić information content (AvgIpc) is 1.63. The molecule has 0 aliphatic heterocycles. The maximum atomic E-state index is 10.3. The Labute approximate surface area is 56.1 Å². The van der Waals surface area contributed by atoms with Crippen LogP contribution in [-0.2, 0) is 4.79 Å². The van der Waals surface area contributed by atoms with Crippen LogP contribution in [0.15, 0.2) is 23.8 Å². The van der Waals surface area contributed by atoms with Crippen molar-refractivity contribution in [3.8, 4) is 0 Å². The molecule has 0 aromatic rings. The van der Waals surface area contributed by atoms with Crippen molar-refractivity contribution in [3.63, 3.8) is 0 Å². The van der Waals surface area contributed by atoms with Crippen molar-refractivity contribution in [3.05, 3.63) is 23.8 Å². The molecule has 0 aromatic carbocycles. The van der Waals surface area contributed by atoms with Crippen LogP contribution < -0.4 is 0 Å². The number of hydrogen-bond acceptors (Lipinski definition) is 1. The lowest BCUT2D eigenvalue weighted by molar-refractivity contribution is -0.112. The summed E-state index contributed by atoms with van der Waals surface area (Å²) in [5, 5.41) is 0. The third-order valence-corrected chi connectivity index (χ3v) is 0.760. The van der Waals surface area contributed by atoms with E-state index in [-0.39, 0.29) is 5.78 Å². The molecule has 0 heterocycles. The summed E-state index contributed by atoms with van der Waals surface area (Å²) >= 11 is 0. The molecule has 0 aliphatic carbocycles. The highest BCUT2D eigenvalue weighted by molar-refractivity contribution is 5.87. The number of carbonyl (C=O) groups excluding carboxylic acids is 1. The van der Waals surface area contributed by atoms with Gasteiger partial charge in [-0.1, -0.05) is 17.7 Å². The zero-order chi connectivity index (χ0) is 7.28. The smallest absolute Gasteiger partial charge is 0.152 e. The van der Waals surface area contributed by atoms with Gasteiger partial charge in [-0.2, -0.15) is 0 Å². The fraction of sp³-hybridized carbons (Fsp3) is 0.375. The minimum absolute atomic E-state index is 0.0903. The van der Waals surface area contributed by atoms with Crippen LogP contribution in [0.3, 0.4) is 0 Å². The van der Waals surface area contributed by atoms with Crippen LogP contribution in [-0.4, -0.2) is 5.78 Å². The Morgan fingerprint density at radius 2 is 1.78 bits per heavy atom. The first-order chi connectivity index (χ1) is 4.13. The first-order valence-corrected chi connectivity index (χ1v) is 2.95. The summed E-state index contributed by atoms with van der Waals surface area (Å²) in [6.45, 7) is 5.52. The SMILES string of the molecule is CC(=O)/C=C/C=C(C)C. The van der Waals surface area contributed by atoms with Crippen molar-refractivity contribution >= 4 is 5.78 Å². The second kappa shape index (κ2) is 4.07. The van der Waals surface area contributed by atoms with E-state index in [9.17, 15) is 4.79 Å². The van der Waals surface area contributed by atoms with Crippen LogP contribution in [0, 0.1) is 0 Å². The van der Waals surface area contributed by atoms with Crippen molar-refractivity contribution in [2.24, 2.45) is 0 Å². The minimum atomic E-state index is 0.0903. The van der Waals surface area contributed by atoms with Crippen molar-refractivity contribution < 1.29 is 4.79 Å². The van der Waals surface area contributed by atoms with Gasteiger partial charge in [0.2, 0.25) is 0 Å². The van der Waals surface area contributed by atoms with Crippen molar-refractivity contribution in [1.82, 2.24) is 0 Å². The molecule has 0 radical (unpaired) electrons. The summed E-state index contributed by atoms with van der Waals surface area (Å²) in [5.74, 6) is 0.0903. The van der Waals surface area contributed by atoms with Gasteiger partial charge in [-0.15, -0.1) is 0 Å². The number of allylic oxidation sites excluding steroid dienone is 4. The summed E-state index contributed by atoms with van der Waals surface area (Å²) in [6.07, 6.45) is 5.21. The molecule has 9 heavy (non-hydrogen) atoms. The van der Waals surface area contributed by atoms with Gasteiger partial charge in [0.25, 0.3) is 0 Å². The molecular weight excluding hydrogens is 112 g/mol. The quantitative estimate of drug-likeness (QED) is 0.407. The first-order valence-electron chi connectivity index (χ1n) is 2.95. The van der Waals surface area contributed by atoms with Crippen molar-refractivity contribution in [2.45, 2.75) is 20.8 Å². The van der Waals surface area contributed by atoms with Gasteiger partial charge >= 0.3 is 0 Å². The van der Waals surface area contributed by atoms with Gasteiger partial charge in [0, 0.05) is 0 Å². The monoisotopic (exact) mass is 124 g/mol. The van der Waals surface area contributed by atoms with Gasteiger partial charge in [0.15, 0.2) is 5.78 Å². The van der Waals surface area contributed by atoms with Crippen LogP contribution in [0.5, 0.6) is 0 Å². The predicted molar refractivity (Wildman–Crippen MR) is 39.3 cm³/mol. The fourth-order valence-electron chi connectivity index (χ4n) is 0.376. The normalized spacial score (nSPS) is 9.67. The maximum absolute atomic E-state index is 10.3. The highest BCUT2D eigenvalue weighted by Crippen LogP contribution is 1.88. The van der Waals surface area contributed by atoms with Gasteiger partial charge < -0.3 is 0 Å². The molecule has 0 spiro atoms. The van der Waals surface area contributed by atoms with E-state index in [2.05, 4.69) is 0 Å². The molecule has 0 amide bonds. The zero-order valence-corrected chi connectivity index (χ0v) is 6.14. The van der Waals surface area contributed by atoms with E-state index in [1.807, 2.05) is 19.9 Å². The van der Waals surface area contributed by atoms with Gasteiger partial charge in [-0.3, -0.25) is 4.79 Å². The number of rotatable bonds is 2. The average molecular weight is 124 g/mol. The Morgan fingerprint density at radius 3 is 2.11 bits per heavy atom. The molecule has 1 heteroatoms. The lowest BCUT2D eigenvalue weighted by atomic mass is 10.3. The maximum Gasteiger partial charge on any atom is 0.152 e. The molecule has 0 fully saturated rings. The van der Waals surface area contributed by atoms with Gasteiger partial charge in [-0.05, 0) is 26.8 Å². The summed E-state index contributed by atoms with van der Waals surface area (Å²) in [7, 11) is 0. The van der Waals surface area contributed by atoms with E-state index in [1.165, 1.54) is 12.5 Å².